The van der Waals surface area contributed by atoms with Crippen LogP contribution in [0, 0.1) is 23.5 Å². The Bertz CT molecular complexity index is 684. The molecule has 0 spiro atoms. The Morgan fingerprint density at radius 2 is 1.81 bits per heavy atom. The molecule has 0 radical (unpaired) electrons. The van der Waals surface area contributed by atoms with Gasteiger partial charge in [0.2, 0.25) is 5.82 Å². The summed E-state index contributed by atoms with van der Waals surface area (Å²) in [5.41, 5.74) is 2.05. The molecule has 2 aliphatic carbocycles. The standard InChI is InChI=1S/C24H32F2O/c1-3-5-17-6-8-18(9-7-17)19-10-12-20(13-11-19)21-14-15-22(27-16-4-2)24(26)23(21)25/h4,10,14-18,20H,3,5-9,11-13H2,1-2H3/b16-4+. The summed E-state index contributed by atoms with van der Waals surface area (Å²) in [6.07, 6.45) is 16.1. The molecule has 148 valence electrons. The van der Waals surface area contributed by atoms with Gasteiger partial charge in [0, 0.05) is 0 Å². The normalized spacial score (nSPS) is 26.2. The minimum atomic E-state index is -0.880. The van der Waals surface area contributed by atoms with Crippen molar-refractivity contribution in [2.45, 2.75) is 77.6 Å². The number of rotatable bonds is 6. The topological polar surface area (TPSA) is 9.23 Å². The van der Waals surface area contributed by atoms with Crippen molar-refractivity contribution in [3.05, 3.63) is 53.3 Å². The zero-order chi connectivity index (χ0) is 19.2. The Hall–Kier alpha value is -1.64. The van der Waals surface area contributed by atoms with E-state index in [2.05, 4.69) is 13.0 Å². The molecule has 0 N–H and O–H groups in total. The van der Waals surface area contributed by atoms with Crippen molar-refractivity contribution in [3.63, 3.8) is 0 Å². The highest BCUT2D eigenvalue weighted by molar-refractivity contribution is 5.34. The van der Waals surface area contributed by atoms with Crippen LogP contribution in [0.3, 0.4) is 0 Å². The minimum Gasteiger partial charge on any atom is -0.462 e. The Labute approximate surface area is 162 Å². The average molecular weight is 375 g/mol. The first-order chi connectivity index (χ1) is 13.1. The van der Waals surface area contributed by atoms with Gasteiger partial charge in [0.15, 0.2) is 11.6 Å². The van der Waals surface area contributed by atoms with Crippen LogP contribution in [0.5, 0.6) is 5.75 Å². The highest BCUT2D eigenvalue weighted by Crippen LogP contribution is 2.42. The fraction of sp³-hybridized carbons (Fsp3) is 0.583. The van der Waals surface area contributed by atoms with E-state index < -0.39 is 11.6 Å². The average Bonchev–Trinajstić information content (AvgIpc) is 2.70. The highest BCUT2D eigenvalue weighted by atomic mass is 19.2. The summed E-state index contributed by atoms with van der Waals surface area (Å²) in [5.74, 6) is 0.0232. The maximum absolute atomic E-state index is 14.5. The largest absolute Gasteiger partial charge is 0.462 e. The van der Waals surface area contributed by atoms with Crippen LogP contribution in [-0.2, 0) is 0 Å². The van der Waals surface area contributed by atoms with Gasteiger partial charge in [0.05, 0.1) is 6.26 Å². The predicted molar refractivity (Wildman–Crippen MR) is 107 cm³/mol. The quantitative estimate of drug-likeness (QED) is 0.366. The van der Waals surface area contributed by atoms with E-state index in [0.717, 1.165) is 31.1 Å². The van der Waals surface area contributed by atoms with E-state index in [-0.39, 0.29) is 11.7 Å². The van der Waals surface area contributed by atoms with Crippen molar-refractivity contribution in [1.82, 2.24) is 0 Å². The number of hydrogen-bond donors (Lipinski definition) is 0. The molecule has 0 bridgehead atoms. The van der Waals surface area contributed by atoms with Gasteiger partial charge in [-0.1, -0.05) is 43.6 Å². The molecule has 1 fully saturated rings. The molecule has 0 saturated heterocycles. The summed E-state index contributed by atoms with van der Waals surface area (Å²) in [4.78, 5) is 0. The zero-order valence-electron chi connectivity index (χ0n) is 16.6. The molecule has 0 aromatic heterocycles. The first-order valence-corrected chi connectivity index (χ1v) is 10.6. The molecule has 1 aromatic carbocycles. The third kappa shape index (κ3) is 4.80. The minimum absolute atomic E-state index is 0.0507. The molecule has 27 heavy (non-hydrogen) atoms. The van der Waals surface area contributed by atoms with E-state index in [0.29, 0.717) is 5.56 Å². The molecule has 1 aromatic rings. The molecule has 0 aliphatic heterocycles. The molecule has 3 heteroatoms. The van der Waals surface area contributed by atoms with Crippen LogP contribution in [-0.4, -0.2) is 0 Å². The molecule has 1 saturated carbocycles. The smallest absolute Gasteiger partial charge is 0.201 e. The van der Waals surface area contributed by atoms with Crippen molar-refractivity contribution in [1.29, 1.82) is 0 Å². The van der Waals surface area contributed by atoms with Gasteiger partial charge in [0.25, 0.3) is 0 Å². The second-order valence-corrected chi connectivity index (χ2v) is 8.12. The van der Waals surface area contributed by atoms with Gasteiger partial charge < -0.3 is 4.74 Å². The van der Waals surface area contributed by atoms with Gasteiger partial charge in [-0.3, -0.25) is 0 Å². The monoisotopic (exact) mass is 374 g/mol. The molecule has 0 amide bonds. The van der Waals surface area contributed by atoms with Crippen LogP contribution in [0.4, 0.5) is 8.78 Å². The Balaban J connectivity index is 1.62. The highest BCUT2D eigenvalue weighted by Gasteiger charge is 2.28. The summed E-state index contributed by atoms with van der Waals surface area (Å²) in [6, 6.07) is 3.23. The van der Waals surface area contributed by atoms with Gasteiger partial charge >= 0.3 is 0 Å². The van der Waals surface area contributed by atoms with Gasteiger partial charge in [0.1, 0.15) is 0 Å². The lowest BCUT2D eigenvalue weighted by molar-refractivity contribution is 0.279. The van der Waals surface area contributed by atoms with Crippen LogP contribution in [0.1, 0.15) is 83.1 Å². The third-order valence-corrected chi connectivity index (χ3v) is 6.36. The summed E-state index contributed by atoms with van der Waals surface area (Å²) in [7, 11) is 0. The number of hydrogen-bond acceptors (Lipinski definition) is 1. The van der Waals surface area contributed by atoms with Gasteiger partial charge in [-0.25, -0.2) is 4.39 Å². The summed E-state index contributed by atoms with van der Waals surface area (Å²) in [6.45, 7) is 4.04. The SMILES string of the molecule is C/C=C/Oc1ccc(C2CC=C(C3CCC(CCC)CC3)CC2)c(F)c1F. The fourth-order valence-corrected chi connectivity index (χ4v) is 4.83. The summed E-state index contributed by atoms with van der Waals surface area (Å²) in [5, 5.41) is 0. The number of ether oxygens (including phenoxy) is 1. The van der Waals surface area contributed by atoms with E-state index in [4.69, 9.17) is 4.74 Å². The second-order valence-electron chi connectivity index (χ2n) is 8.12. The van der Waals surface area contributed by atoms with Crippen LogP contribution in [0.25, 0.3) is 0 Å². The molecule has 1 atom stereocenters. The summed E-state index contributed by atoms with van der Waals surface area (Å²) >= 11 is 0. The van der Waals surface area contributed by atoms with Crippen molar-refractivity contribution in [3.8, 4) is 5.75 Å². The third-order valence-electron chi connectivity index (χ3n) is 6.36. The predicted octanol–water partition coefficient (Wildman–Crippen LogP) is 7.68. The molecule has 0 heterocycles. The second kappa shape index (κ2) is 9.52. The first-order valence-electron chi connectivity index (χ1n) is 10.6. The van der Waals surface area contributed by atoms with E-state index in [9.17, 15) is 8.78 Å². The van der Waals surface area contributed by atoms with E-state index in [1.54, 1.807) is 30.7 Å². The molecular weight excluding hydrogens is 342 g/mol. The number of benzene rings is 1. The maximum atomic E-state index is 14.5. The van der Waals surface area contributed by atoms with Crippen LogP contribution >= 0.6 is 0 Å². The van der Waals surface area contributed by atoms with Crippen molar-refractivity contribution in [2.75, 3.05) is 0 Å². The van der Waals surface area contributed by atoms with Crippen LogP contribution < -0.4 is 4.74 Å². The lowest BCUT2D eigenvalue weighted by atomic mass is 9.73. The van der Waals surface area contributed by atoms with E-state index >= 15 is 0 Å². The lowest BCUT2D eigenvalue weighted by Gasteiger charge is -2.33. The van der Waals surface area contributed by atoms with Crippen LogP contribution in [0.2, 0.25) is 0 Å². The number of halogens is 2. The van der Waals surface area contributed by atoms with Crippen molar-refractivity contribution in [2.24, 2.45) is 11.8 Å². The molecule has 3 rings (SSSR count). The molecule has 2 aliphatic rings. The van der Waals surface area contributed by atoms with Gasteiger partial charge in [-0.05, 0) is 81.3 Å². The van der Waals surface area contributed by atoms with Crippen molar-refractivity contribution >= 4 is 0 Å². The maximum Gasteiger partial charge on any atom is 0.201 e. The number of allylic oxidation sites excluding steroid dienone is 3. The molecule has 1 nitrogen and oxygen atoms in total. The van der Waals surface area contributed by atoms with Gasteiger partial charge in [-0.2, -0.15) is 4.39 Å². The summed E-state index contributed by atoms with van der Waals surface area (Å²) < 4.78 is 33.9. The van der Waals surface area contributed by atoms with E-state index in [1.807, 2.05) is 0 Å². The molecular formula is C24H32F2O. The van der Waals surface area contributed by atoms with E-state index in [1.165, 1.54) is 44.8 Å². The Morgan fingerprint density at radius 3 is 2.44 bits per heavy atom. The first kappa shape index (κ1) is 20.1. The Kier molecular flexibility index (Phi) is 7.09. The van der Waals surface area contributed by atoms with Gasteiger partial charge in [-0.15, -0.1) is 0 Å². The lowest BCUT2D eigenvalue weighted by Crippen LogP contribution is -2.18. The fourth-order valence-electron chi connectivity index (χ4n) is 4.83. The zero-order valence-corrected chi connectivity index (χ0v) is 16.6. The Morgan fingerprint density at radius 1 is 1.04 bits per heavy atom. The van der Waals surface area contributed by atoms with Crippen molar-refractivity contribution < 1.29 is 13.5 Å². The van der Waals surface area contributed by atoms with Crippen LogP contribution in [0.15, 0.2) is 36.1 Å². The molecule has 1 unspecified atom stereocenters.